The van der Waals surface area contributed by atoms with Gasteiger partial charge in [-0.05, 0) is 24.3 Å². The summed E-state index contributed by atoms with van der Waals surface area (Å²) >= 11 is 0. The van der Waals surface area contributed by atoms with Gasteiger partial charge in [0.2, 0.25) is 5.95 Å². The zero-order chi connectivity index (χ0) is 26.3. The SMILES string of the molecule is C#C.CCc1nc2cccc(F)c2c(=O)n1-c1cc(F)cc(F)c1.N#Cc1c(N)nc(N)nc1N. The summed E-state index contributed by atoms with van der Waals surface area (Å²) in [6.45, 7) is 1.75. The summed E-state index contributed by atoms with van der Waals surface area (Å²) in [7, 11) is 0. The third kappa shape index (κ3) is 5.64. The Morgan fingerprint density at radius 2 is 1.57 bits per heavy atom. The fraction of sp³-hybridized carbons (Fsp3) is 0.0870. The van der Waals surface area contributed by atoms with E-state index in [-0.39, 0.29) is 39.7 Å². The van der Waals surface area contributed by atoms with Crippen molar-refractivity contribution in [2.75, 3.05) is 17.2 Å². The van der Waals surface area contributed by atoms with E-state index in [1.165, 1.54) is 12.1 Å². The van der Waals surface area contributed by atoms with Crippen LogP contribution in [0.2, 0.25) is 0 Å². The second-order valence-electron chi connectivity index (χ2n) is 6.62. The minimum Gasteiger partial charge on any atom is -0.382 e. The molecule has 0 spiro atoms. The molecule has 0 fully saturated rings. The molecule has 35 heavy (non-hydrogen) atoms. The lowest BCUT2D eigenvalue weighted by atomic mass is 10.2. The molecule has 6 N–H and O–H groups in total. The molecule has 0 saturated heterocycles. The van der Waals surface area contributed by atoms with Gasteiger partial charge in [0.25, 0.3) is 5.56 Å². The number of nitrogen functional groups attached to an aromatic ring is 3. The highest BCUT2D eigenvalue weighted by molar-refractivity contribution is 5.78. The molecule has 4 rings (SSSR count). The first-order chi connectivity index (χ1) is 16.7. The summed E-state index contributed by atoms with van der Waals surface area (Å²) in [5, 5.41) is 8.26. The number of hydrogen-bond acceptors (Lipinski definition) is 8. The van der Waals surface area contributed by atoms with Gasteiger partial charge in [0.1, 0.15) is 51.9 Å². The molecule has 9 nitrogen and oxygen atoms in total. The van der Waals surface area contributed by atoms with Crippen LogP contribution in [-0.4, -0.2) is 19.5 Å². The summed E-state index contributed by atoms with van der Waals surface area (Å²) in [5.41, 5.74) is 15.4. The molecule has 4 aromatic rings. The molecule has 2 aromatic carbocycles. The van der Waals surface area contributed by atoms with E-state index in [1.54, 1.807) is 13.0 Å². The Balaban J connectivity index is 0.000000280. The number of rotatable bonds is 2. The van der Waals surface area contributed by atoms with Gasteiger partial charge in [-0.3, -0.25) is 9.36 Å². The molecule has 0 radical (unpaired) electrons. The highest BCUT2D eigenvalue weighted by Crippen LogP contribution is 2.18. The molecule has 178 valence electrons. The lowest BCUT2D eigenvalue weighted by Gasteiger charge is -2.13. The van der Waals surface area contributed by atoms with E-state index in [9.17, 15) is 18.0 Å². The second kappa shape index (κ2) is 11.2. The quantitative estimate of drug-likeness (QED) is 0.369. The minimum atomic E-state index is -0.822. The number of halogens is 3. The molecule has 2 heterocycles. The zero-order valence-electron chi connectivity index (χ0n) is 18.3. The average molecular weight is 480 g/mol. The summed E-state index contributed by atoms with van der Waals surface area (Å²) < 4.78 is 41.8. The van der Waals surface area contributed by atoms with E-state index >= 15 is 0 Å². The Morgan fingerprint density at radius 1 is 1.00 bits per heavy atom. The lowest BCUT2D eigenvalue weighted by molar-refractivity contribution is 0.580. The minimum absolute atomic E-state index is 0.0116. The van der Waals surface area contributed by atoms with Gasteiger partial charge in [-0.1, -0.05) is 13.0 Å². The number of hydrogen-bond donors (Lipinski definition) is 3. The van der Waals surface area contributed by atoms with Crippen LogP contribution in [0.25, 0.3) is 16.6 Å². The van der Waals surface area contributed by atoms with Crippen LogP contribution in [0.4, 0.5) is 30.8 Å². The fourth-order valence-electron chi connectivity index (χ4n) is 3.04. The first kappa shape index (κ1) is 26.2. The van der Waals surface area contributed by atoms with Crippen LogP contribution in [0, 0.1) is 41.6 Å². The fourth-order valence-corrected chi connectivity index (χ4v) is 3.04. The standard InChI is InChI=1S/C16H11F3N2O.C5H6N6.C2H2/c1-2-14-20-13-5-3-4-12(19)15(13)16(22)21(14)11-7-9(17)6-10(18)8-11;6-1-2-3(7)10-5(9)11-4(2)8;1-2/h3-8H,2H2,1H3;(H6,7,8,9,10,11);1-2H. The maximum atomic E-state index is 13.9. The first-order valence-electron chi connectivity index (χ1n) is 9.74. The molecule has 0 unspecified atom stereocenters. The highest BCUT2D eigenvalue weighted by Gasteiger charge is 2.15. The number of benzene rings is 2. The summed E-state index contributed by atoms with van der Waals surface area (Å²) in [5.74, 6) is -2.07. The van der Waals surface area contributed by atoms with Crippen molar-refractivity contribution in [3.63, 3.8) is 0 Å². The molecule has 0 aliphatic carbocycles. The van der Waals surface area contributed by atoms with Crippen LogP contribution in [0.3, 0.4) is 0 Å². The Kier molecular flexibility index (Phi) is 8.34. The first-order valence-corrected chi connectivity index (χ1v) is 9.74. The molecular formula is C23H19F3N8O. The summed E-state index contributed by atoms with van der Waals surface area (Å²) in [6, 6.07) is 8.61. The lowest BCUT2D eigenvalue weighted by Crippen LogP contribution is -2.24. The highest BCUT2D eigenvalue weighted by atomic mass is 19.1. The summed E-state index contributed by atoms with van der Waals surface area (Å²) in [6.07, 6.45) is 8.35. The molecule has 0 amide bonds. The molecule has 0 atom stereocenters. The number of aromatic nitrogens is 4. The monoisotopic (exact) mass is 480 g/mol. The van der Waals surface area contributed by atoms with Gasteiger partial charge in [-0.15, -0.1) is 12.8 Å². The number of terminal acetylenes is 1. The molecule has 0 bridgehead atoms. The van der Waals surface area contributed by atoms with Crippen molar-refractivity contribution >= 4 is 28.5 Å². The van der Waals surface area contributed by atoms with E-state index in [1.807, 2.05) is 0 Å². The van der Waals surface area contributed by atoms with E-state index in [0.717, 1.165) is 22.8 Å². The van der Waals surface area contributed by atoms with E-state index in [2.05, 4.69) is 27.8 Å². The van der Waals surface area contributed by atoms with Crippen molar-refractivity contribution in [3.05, 3.63) is 75.6 Å². The normalized spacial score (nSPS) is 9.86. The maximum absolute atomic E-state index is 13.9. The van der Waals surface area contributed by atoms with Crippen molar-refractivity contribution < 1.29 is 13.2 Å². The molecule has 12 heteroatoms. The topological polar surface area (TPSA) is 163 Å². The number of nitrogens with zero attached hydrogens (tertiary/aromatic N) is 5. The smallest absolute Gasteiger partial charge is 0.268 e. The number of nitriles is 1. The van der Waals surface area contributed by atoms with Crippen LogP contribution in [0.1, 0.15) is 18.3 Å². The Bertz CT molecular complexity index is 1470. The van der Waals surface area contributed by atoms with Crippen LogP contribution >= 0.6 is 0 Å². The van der Waals surface area contributed by atoms with Crippen molar-refractivity contribution in [2.45, 2.75) is 13.3 Å². The Hall–Kier alpha value is -5.10. The zero-order valence-corrected chi connectivity index (χ0v) is 18.3. The van der Waals surface area contributed by atoms with Crippen LogP contribution in [0.15, 0.2) is 41.2 Å². The van der Waals surface area contributed by atoms with Gasteiger partial charge < -0.3 is 17.2 Å². The number of aryl methyl sites for hydroxylation is 1. The van der Waals surface area contributed by atoms with Gasteiger partial charge in [-0.25, -0.2) is 18.2 Å². The van der Waals surface area contributed by atoms with Crippen molar-refractivity contribution in [1.82, 2.24) is 19.5 Å². The van der Waals surface area contributed by atoms with Crippen LogP contribution < -0.4 is 22.8 Å². The molecule has 0 aliphatic heterocycles. The Morgan fingerprint density at radius 3 is 2.09 bits per heavy atom. The summed E-state index contributed by atoms with van der Waals surface area (Å²) in [4.78, 5) is 23.9. The van der Waals surface area contributed by atoms with E-state index in [4.69, 9.17) is 22.5 Å². The van der Waals surface area contributed by atoms with Gasteiger partial charge >= 0.3 is 0 Å². The van der Waals surface area contributed by atoms with Crippen molar-refractivity contribution in [2.24, 2.45) is 0 Å². The van der Waals surface area contributed by atoms with Gasteiger partial charge in [-0.2, -0.15) is 15.2 Å². The van der Waals surface area contributed by atoms with Gasteiger partial charge in [0.15, 0.2) is 0 Å². The van der Waals surface area contributed by atoms with Gasteiger partial charge in [0, 0.05) is 12.5 Å². The third-order valence-electron chi connectivity index (χ3n) is 4.43. The van der Waals surface area contributed by atoms with Crippen LogP contribution in [0.5, 0.6) is 0 Å². The molecule has 0 aliphatic rings. The van der Waals surface area contributed by atoms with E-state index in [0.29, 0.717) is 18.3 Å². The molecule has 2 aromatic heterocycles. The van der Waals surface area contributed by atoms with Crippen LogP contribution in [-0.2, 0) is 6.42 Å². The Labute approximate surface area is 197 Å². The van der Waals surface area contributed by atoms with Crippen molar-refractivity contribution in [3.8, 4) is 24.6 Å². The predicted octanol–water partition coefficient (Wildman–Crippen LogP) is 2.71. The third-order valence-corrected chi connectivity index (χ3v) is 4.43. The largest absolute Gasteiger partial charge is 0.382 e. The van der Waals surface area contributed by atoms with E-state index < -0.39 is 23.0 Å². The number of fused-ring (bicyclic) bond motifs is 1. The number of anilines is 3. The average Bonchev–Trinajstić information content (AvgIpc) is 2.79. The van der Waals surface area contributed by atoms with Crippen molar-refractivity contribution in [1.29, 1.82) is 5.26 Å². The molecular weight excluding hydrogens is 461 g/mol. The maximum Gasteiger partial charge on any atom is 0.268 e. The molecule has 0 saturated carbocycles. The predicted molar refractivity (Wildman–Crippen MR) is 126 cm³/mol. The van der Waals surface area contributed by atoms with Gasteiger partial charge in [0.05, 0.1) is 11.2 Å². The second-order valence-corrected chi connectivity index (χ2v) is 6.62. The number of nitrogens with two attached hydrogens (primary N) is 3.